The number of nitrogens with zero attached hydrogens (tertiary/aromatic N) is 4. The fourth-order valence-electron chi connectivity index (χ4n) is 4.63. The van der Waals surface area contributed by atoms with Crippen LogP contribution in [0.25, 0.3) is 0 Å². The quantitative estimate of drug-likeness (QED) is 0.426. The van der Waals surface area contributed by atoms with Crippen molar-refractivity contribution in [3.63, 3.8) is 0 Å². The van der Waals surface area contributed by atoms with E-state index in [1.807, 2.05) is 30.8 Å². The van der Waals surface area contributed by atoms with Crippen molar-refractivity contribution in [3.05, 3.63) is 53.6 Å². The summed E-state index contributed by atoms with van der Waals surface area (Å²) in [6, 6.07) is 7.13. The average Bonchev–Trinajstić information content (AvgIpc) is 3.30. The molecular weight excluding hydrogens is 411 g/mol. The van der Waals surface area contributed by atoms with Gasteiger partial charge in [0.25, 0.3) is 0 Å². The normalized spacial score (nSPS) is 20.5. The summed E-state index contributed by atoms with van der Waals surface area (Å²) in [5.41, 5.74) is 1.96. The summed E-state index contributed by atoms with van der Waals surface area (Å²) in [4.78, 5) is 13.8. The molecule has 1 aromatic heterocycles. The Kier molecular flexibility index (Phi) is 8.30. The van der Waals surface area contributed by atoms with E-state index in [0.717, 1.165) is 74.9 Å². The Morgan fingerprint density at radius 3 is 2.58 bits per heavy atom. The van der Waals surface area contributed by atoms with Gasteiger partial charge >= 0.3 is 0 Å². The van der Waals surface area contributed by atoms with Crippen LogP contribution in [0, 0.1) is 11.7 Å². The van der Waals surface area contributed by atoms with E-state index in [0.29, 0.717) is 18.6 Å². The van der Waals surface area contributed by atoms with Crippen molar-refractivity contribution in [2.75, 3.05) is 39.0 Å². The minimum absolute atomic E-state index is 0.0953. The van der Waals surface area contributed by atoms with Crippen molar-refractivity contribution < 1.29 is 9.13 Å². The van der Waals surface area contributed by atoms with Gasteiger partial charge in [-0.3, -0.25) is 9.80 Å². The van der Waals surface area contributed by atoms with Gasteiger partial charge < -0.3 is 4.74 Å². The smallest absolute Gasteiger partial charge is 0.187 e. The molecule has 7 heteroatoms. The first-order chi connectivity index (χ1) is 15.2. The highest BCUT2D eigenvalue weighted by atomic mass is 32.2. The van der Waals surface area contributed by atoms with Crippen LogP contribution >= 0.6 is 11.8 Å². The molecule has 1 aromatic carbocycles. The van der Waals surface area contributed by atoms with Crippen LogP contribution in [0.5, 0.6) is 0 Å². The Balaban J connectivity index is 1.31. The first kappa shape index (κ1) is 22.6. The predicted molar refractivity (Wildman–Crippen MR) is 122 cm³/mol. The topological polar surface area (TPSA) is 41.5 Å². The summed E-state index contributed by atoms with van der Waals surface area (Å²) in [6.45, 7) is 6.55. The summed E-state index contributed by atoms with van der Waals surface area (Å²) in [5.74, 6) is 0.562. The van der Waals surface area contributed by atoms with Crippen molar-refractivity contribution >= 4 is 11.8 Å². The molecule has 2 aromatic rings. The Morgan fingerprint density at radius 1 is 1.13 bits per heavy atom. The third-order valence-electron chi connectivity index (χ3n) is 6.33. The van der Waals surface area contributed by atoms with Crippen LogP contribution in [-0.4, -0.2) is 64.9 Å². The van der Waals surface area contributed by atoms with Gasteiger partial charge in [-0.15, -0.1) is 0 Å². The molecule has 2 aliphatic heterocycles. The van der Waals surface area contributed by atoms with Crippen LogP contribution in [0.3, 0.4) is 0 Å². The van der Waals surface area contributed by atoms with Gasteiger partial charge in [-0.1, -0.05) is 30.0 Å². The van der Waals surface area contributed by atoms with Crippen molar-refractivity contribution in [2.45, 2.75) is 50.0 Å². The molecule has 4 rings (SSSR count). The van der Waals surface area contributed by atoms with Gasteiger partial charge in [0.15, 0.2) is 5.16 Å². The number of benzene rings is 1. The average molecular weight is 445 g/mol. The molecule has 0 bridgehead atoms. The van der Waals surface area contributed by atoms with Gasteiger partial charge in [0.05, 0.1) is 6.10 Å². The molecule has 2 saturated heterocycles. The predicted octanol–water partition coefficient (Wildman–Crippen LogP) is 4.23. The number of piperidine rings is 1. The Morgan fingerprint density at radius 2 is 1.90 bits per heavy atom. The zero-order valence-electron chi connectivity index (χ0n) is 18.4. The Bertz CT molecular complexity index is 807. The fraction of sp³-hybridized carbons (Fsp3) is 0.583. The first-order valence-corrected chi connectivity index (χ1v) is 12.6. The second-order valence-corrected chi connectivity index (χ2v) is 9.49. The number of rotatable bonds is 9. The molecular formula is C24H33FN4OS. The maximum absolute atomic E-state index is 14.0. The maximum Gasteiger partial charge on any atom is 0.187 e. The van der Waals surface area contributed by atoms with Crippen molar-refractivity contribution in [1.29, 1.82) is 0 Å². The fourth-order valence-corrected chi connectivity index (χ4v) is 4.94. The van der Waals surface area contributed by atoms with Crippen LogP contribution < -0.4 is 0 Å². The van der Waals surface area contributed by atoms with Crippen LogP contribution in [0.15, 0.2) is 41.8 Å². The van der Waals surface area contributed by atoms with Gasteiger partial charge in [-0.2, -0.15) is 0 Å². The van der Waals surface area contributed by atoms with E-state index >= 15 is 0 Å². The third-order valence-corrected chi connectivity index (χ3v) is 6.91. The van der Waals surface area contributed by atoms with Gasteiger partial charge in [0, 0.05) is 56.3 Å². The lowest BCUT2D eigenvalue weighted by Gasteiger charge is -2.35. The summed E-state index contributed by atoms with van der Waals surface area (Å²) < 4.78 is 19.9. The van der Waals surface area contributed by atoms with Crippen LogP contribution in [0.2, 0.25) is 0 Å². The molecule has 0 N–H and O–H groups in total. The standard InChI is InChI=1S/C24H33FN4OS/c1-31-24-26-13-20(14-27-24)16-29(18-22-6-4-12-30-22)15-19-8-10-28(11-9-19)17-21-5-2-3-7-23(21)25/h2-3,5,7,13-14,19,22H,4,6,8-12,15-18H2,1H3. The number of likely N-dealkylation sites (tertiary alicyclic amines) is 1. The van der Waals surface area contributed by atoms with Gasteiger partial charge in [0.1, 0.15) is 5.82 Å². The molecule has 2 aliphatic rings. The number of ether oxygens (including phenoxy) is 1. The largest absolute Gasteiger partial charge is 0.377 e. The van der Waals surface area contributed by atoms with E-state index in [4.69, 9.17) is 4.74 Å². The highest BCUT2D eigenvalue weighted by molar-refractivity contribution is 7.98. The summed E-state index contributed by atoms with van der Waals surface area (Å²) in [5, 5.41) is 0.816. The van der Waals surface area contributed by atoms with Gasteiger partial charge in [-0.25, -0.2) is 14.4 Å². The van der Waals surface area contributed by atoms with E-state index in [2.05, 4.69) is 19.8 Å². The highest BCUT2D eigenvalue weighted by Crippen LogP contribution is 2.23. The Hall–Kier alpha value is -1.54. The lowest BCUT2D eigenvalue weighted by Crippen LogP contribution is -2.40. The molecule has 0 aliphatic carbocycles. The second kappa shape index (κ2) is 11.4. The van der Waals surface area contributed by atoms with Gasteiger partial charge in [0.2, 0.25) is 0 Å². The molecule has 3 heterocycles. The number of aromatic nitrogens is 2. The third kappa shape index (κ3) is 6.72. The molecule has 2 fully saturated rings. The maximum atomic E-state index is 14.0. The molecule has 168 valence electrons. The summed E-state index contributed by atoms with van der Waals surface area (Å²) in [7, 11) is 0. The molecule has 0 spiro atoms. The van der Waals surface area contributed by atoms with Crippen LogP contribution in [-0.2, 0) is 17.8 Å². The highest BCUT2D eigenvalue weighted by Gasteiger charge is 2.25. The van der Waals surface area contributed by atoms with Crippen molar-refractivity contribution in [1.82, 2.24) is 19.8 Å². The van der Waals surface area contributed by atoms with Crippen LogP contribution in [0.1, 0.15) is 36.8 Å². The van der Waals surface area contributed by atoms with Crippen molar-refractivity contribution in [3.8, 4) is 0 Å². The SMILES string of the molecule is CSc1ncc(CN(CC2CCN(Cc3ccccc3F)CC2)CC2CCCO2)cn1. The van der Waals surface area contributed by atoms with E-state index < -0.39 is 0 Å². The molecule has 0 saturated carbocycles. The van der Waals surface area contributed by atoms with E-state index in [9.17, 15) is 4.39 Å². The summed E-state index contributed by atoms with van der Waals surface area (Å²) in [6.07, 6.45) is 10.9. The number of hydrogen-bond acceptors (Lipinski definition) is 6. The molecule has 5 nitrogen and oxygen atoms in total. The zero-order valence-corrected chi connectivity index (χ0v) is 19.2. The second-order valence-electron chi connectivity index (χ2n) is 8.72. The molecule has 31 heavy (non-hydrogen) atoms. The summed E-state index contributed by atoms with van der Waals surface area (Å²) >= 11 is 1.57. The van der Waals surface area contributed by atoms with Gasteiger partial charge in [-0.05, 0) is 57.0 Å². The molecule has 1 unspecified atom stereocenters. The minimum Gasteiger partial charge on any atom is -0.377 e. The number of hydrogen-bond donors (Lipinski definition) is 0. The van der Waals surface area contributed by atoms with Crippen molar-refractivity contribution in [2.24, 2.45) is 5.92 Å². The number of halogens is 1. The van der Waals surface area contributed by atoms with E-state index in [1.165, 1.54) is 6.42 Å². The zero-order chi connectivity index (χ0) is 21.5. The lowest BCUT2D eigenvalue weighted by molar-refractivity contribution is 0.0568. The monoisotopic (exact) mass is 444 g/mol. The molecule has 0 radical (unpaired) electrons. The number of thioether (sulfide) groups is 1. The first-order valence-electron chi connectivity index (χ1n) is 11.3. The molecule has 1 atom stereocenters. The minimum atomic E-state index is -0.0953. The van der Waals surface area contributed by atoms with E-state index in [1.54, 1.807) is 23.9 Å². The lowest BCUT2D eigenvalue weighted by atomic mass is 9.95. The Labute approximate surface area is 189 Å². The molecule has 0 amide bonds. The van der Waals surface area contributed by atoms with E-state index in [-0.39, 0.29) is 5.82 Å². The van der Waals surface area contributed by atoms with Crippen LogP contribution in [0.4, 0.5) is 4.39 Å².